The number of nitrogens with zero attached hydrogens (tertiary/aromatic N) is 3. The molecule has 1 aliphatic rings. The van der Waals surface area contributed by atoms with Crippen LogP contribution in [-0.4, -0.2) is 46.1 Å². The standard InChI is InChI=1S/C25H24FN3O3S/c1-17(19-10-12-20(26)13-11-19)27(2)22(30)16-29-24(31)23(21-9-6-14-33-21)28(25(29)32)15-18-7-4-3-5-8-18/h3-14,17,23H,15-16H2,1-2H3/t17-,23+/m1/s1. The highest BCUT2D eigenvalue weighted by Gasteiger charge is 2.47. The Morgan fingerprint density at radius 1 is 1.06 bits per heavy atom. The van der Waals surface area contributed by atoms with Gasteiger partial charge >= 0.3 is 6.03 Å². The number of benzene rings is 2. The van der Waals surface area contributed by atoms with Crippen molar-refractivity contribution >= 4 is 29.2 Å². The highest BCUT2D eigenvalue weighted by molar-refractivity contribution is 7.10. The Morgan fingerprint density at radius 2 is 1.76 bits per heavy atom. The molecule has 170 valence electrons. The molecule has 4 amide bonds. The van der Waals surface area contributed by atoms with E-state index < -0.39 is 18.0 Å². The van der Waals surface area contributed by atoms with E-state index in [0.29, 0.717) is 0 Å². The van der Waals surface area contributed by atoms with Crippen molar-refractivity contribution in [1.82, 2.24) is 14.7 Å². The summed E-state index contributed by atoms with van der Waals surface area (Å²) in [5, 5.41) is 1.86. The van der Waals surface area contributed by atoms with E-state index in [-0.39, 0.29) is 30.9 Å². The maximum absolute atomic E-state index is 13.3. The number of urea groups is 1. The van der Waals surface area contributed by atoms with E-state index in [2.05, 4.69) is 0 Å². The van der Waals surface area contributed by atoms with Gasteiger partial charge in [-0.25, -0.2) is 9.18 Å². The average molecular weight is 466 g/mol. The average Bonchev–Trinajstić information content (AvgIpc) is 3.42. The van der Waals surface area contributed by atoms with Gasteiger partial charge in [-0.3, -0.25) is 14.5 Å². The predicted octanol–water partition coefficient (Wildman–Crippen LogP) is 4.61. The van der Waals surface area contributed by atoms with Gasteiger partial charge in [0.2, 0.25) is 5.91 Å². The maximum Gasteiger partial charge on any atom is 0.328 e. The summed E-state index contributed by atoms with van der Waals surface area (Å²) >= 11 is 1.40. The van der Waals surface area contributed by atoms with Crippen LogP contribution in [0.25, 0.3) is 0 Å². The van der Waals surface area contributed by atoms with Gasteiger partial charge in [-0.1, -0.05) is 48.5 Å². The molecule has 1 fully saturated rings. The zero-order chi connectivity index (χ0) is 23.5. The first kappa shape index (κ1) is 22.7. The van der Waals surface area contributed by atoms with Crippen molar-refractivity contribution in [2.24, 2.45) is 0 Å². The van der Waals surface area contributed by atoms with Gasteiger partial charge in [0.15, 0.2) is 0 Å². The van der Waals surface area contributed by atoms with Gasteiger partial charge in [-0.05, 0) is 41.6 Å². The fourth-order valence-corrected chi connectivity index (χ4v) is 4.70. The molecule has 2 aromatic carbocycles. The van der Waals surface area contributed by atoms with Crippen molar-refractivity contribution in [2.75, 3.05) is 13.6 Å². The second kappa shape index (κ2) is 9.54. The van der Waals surface area contributed by atoms with Crippen LogP contribution in [0.1, 0.15) is 35.0 Å². The molecule has 0 radical (unpaired) electrons. The molecule has 0 aliphatic carbocycles. The van der Waals surface area contributed by atoms with Crippen LogP contribution in [0, 0.1) is 5.82 Å². The summed E-state index contributed by atoms with van der Waals surface area (Å²) in [4.78, 5) is 44.4. The summed E-state index contributed by atoms with van der Waals surface area (Å²) in [5.74, 6) is -1.14. The van der Waals surface area contributed by atoms with Crippen LogP contribution in [0.3, 0.4) is 0 Å². The zero-order valence-electron chi connectivity index (χ0n) is 18.3. The van der Waals surface area contributed by atoms with Gasteiger partial charge in [0.1, 0.15) is 18.4 Å². The van der Waals surface area contributed by atoms with E-state index in [4.69, 9.17) is 0 Å². The monoisotopic (exact) mass is 465 g/mol. The number of carbonyl (C=O) groups is 3. The van der Waals surface area contributed by atoms with E-state index in [1.807, 2.05) is 54.8 Å². The first-order valence-corrected chi connectivity index (χ1v) is 11.4. The number of rotatable bonds is 7. The quantitative estimate of drug-likeness (QED) is 0.479. The Labute approximate surface area is 195 Å². The topological polar surface area (TPSA) is 60.9 Å². The molecule has 0 unspecified atom stereocenters. The lowest BCUT2D eigenvalue weighted by Crippen LogP contribution is -2.42. The fourth-order valence-electron chi connectivity index (χ4n) is 3.88. The Balaban J connectivity index is 1.54. The van der Waals surface area contributed by atoms with Crippen LogP contribution < -0.4 is 0 Å². The number of amides is 4. The molecule has 1 aliphatic heterocycles. The lowest BCUT2D eigenvalue weighted by atomic mass is 10.1. The third-order valence-electron chi connectivity index (χ3n) is 5.92. The molecule has 6 nitrogen and oxygen atoms in total. The summed E-state index contributed by atoms with van der Waals surface area (Å²) in [6.45, 7) is 1.72. The molecule has 2 atom stereocenters. The number of likely N-dealkylation sites (N-methyl/N-ethyl adjacent to an activating group) is 1. The SMILES string of the molecule is C[C@H](c1ccc(F)cc1)N(C)C(=O)CN1C(=O)[C@H](c2cccs2)N(Cc2ccccc2)C1=O. The van der Waals surface area contributed by atoms with Gasteiger partial charge in [-0.2, -0.15) is 0 Å². The second-order valence-corrected chi connectivity index (χ2v) is 8.95. The molecule has 1 aromatic heterocycles. The Bertz CT molecular complexity index is 1140. The minimum atomic E-state index is -0.759. The van der Waals surface area contributed by atoms with Crippen LogP contribution in [0.5, 0.6) is 0 Å². The summed E-state index contributed by atoms with van der Waals surface area (Å²) in [6, 6.07) is 17.4. The fraction of sp³-hybridized carbons (Fsp3) is 0.240. The first-order chi connectivity index (χ1) is 15.9. The van der Waals surface area contributed by atoms with Crippen LogP contribution in [0.2, 0.25) is 0 Å². The number of hydrogen-bond acceptors (Lipinski definition) is 4. The highest BCUT2D eigenvalue weighted by atomic mass is 32.1. The molecular formula is C25H24FN3O3S. The van der Waals surface area contributed by atoms with Gasteiger partial charge < -0.3 is 9.80 Å². The molecule has 0 bridgehead atoms. The molecule has 0 spiro atoms. The lowest BCUT2D eigenvalue weighted by Gasteiger charge is -2.27. The van der Waals surface area contributed by atoms with Crippen molar-refractivity contribution in [3.05, 3.63) is 93.9 Å². The van der Waals surface area contributed by atoms with Gasteiger partial charge in [0.25, 0.3) is 5.91 Å². The van der Waals surface area contributed by atoms with E-state index in [0.717, 1.165) is 20.9 Å². The Morgan fingerprint density at radius 3 is 2.39 bits per heavy atom. The summed E-state index contributed by atoms with van der Waals surface area (Å²) in [6.07, 6.45) is 0. The highest BCUT2D eigenvalue weighted by Crippen LogP contribution is 2.35. The van der Waals surface area contributed by atoms with Crippen molar-refractivity contribution in [3.63, 3.8) is 0 Å². The molecule has 0 N–H and O–H groups in total. The largest absolute Gasteiger partial charge is 0.337 e. The minimum Gasteiger partial charge on any atom is -0.337 e. The molecular weight excluding hydrogens is 441 g/mol. The maximum atomic E-state index is 13.3. The van der Waals surface area contributed by atoms with Gasteiger partial charge in [0.05, 0.1) is 6.04 Å². The number of halogens is 1. The number of imide groups is 1. The van der Waals surface area contributed by atoms with E-state index in [1.54, 1.807) is 19.2 Å². The van der Waals surface area contributed by atoms with Gasteiger partial charge in [0, 0.05) is 18.5 Å². The van der Waals surface area contributed by atoms with Crippen LogP contribution in [0.15, 0.2) is 72.1 Å². The molecule has 1 saturated heterocycles. The molecule has 3 aromatic rings. The van der Waals surface area contributed by atoms with E-state index >= 15 is 0 Å². The Hall–Kier alpha value is -3.52. The molecule has 33 heavy (non-hydrogen) atoms. The molecule has 0 saturated carbocycles. The summed E-state index contributed by atoms with van der Waals surface area (Å²) in [5.41, 5.74) is 1.66. The molecule has 4 rings (SSSR count). The second-order valence-electron chi connectivity index (χ2n) is 7.97. The number of hydrogen-bond donors (Lipinski definition) is 0. The lowest BCUT2D eigenvalue weighted by molar-refractivity contribution is -0.138. The van der Waals surface area contributed by atoms with Crippen LogP contribution in [0.4, 0.5) is 9.18 Å². The number of carbonyl (C=O) groups excluding carboxylic acids is 3. The molecule has 8 heteroatoms. The van der Waals surface area contributed by atoms with Crippen molar-refractivity contribution in [2.45, 2.75) is 25.6 Å². The summed E-state index contributed by atoms with van der Waals surface area (Å²) in [7, 11) is 1.61. The van der Waals surface area contributed by atoms with E-state index in [9.17, 15) is 18.8 Å². The van der Waals surface area contributed by atoms with Crippen molar-refractivity contribution in [3.8, 4) is 0 Å². The smallest absolute Gasteiger partial charge is 0.328 e. The first-order valence-electron chi connectivity index (χ1n) is 10.6. The summed E-state index contributed by atoms with van der Waals surface area (Å²) < 4.78 is 13.2. The van der Waals surface area contributed by atoms with Gasteiger partial charge in [-0.15, -0.1) is 11.3 Å². The third-order valence-corrected chi connectivity index (χ3v) is 6.84. The zero-order valence-corrected chi connectivity index (χ0v) is 19.2. The normalized spacial score (nSPS) is 16.9. The molecule has 2 heterocycles. The predicted molar refractivity (Wildman–Crippen MR) is 124 cm³/mol. The third kappa shape index (κ3) is 4.66. The van der Waals surface area contributed by atoms with Crippen molar-refractivity contribution < 1.29 is 18.8 Å². The van der Waals surface area contributed by atoms with Crippen LogP contribution >= 0.6 is 11.3 Å². The Kier molecular flexibility index (Phi) is 6.55. The number of thiophene rings is 1. The minimum absolute atomic E-state index is 0.264. The van der Waals surface area contributed by atoms with Crippen molar-refractivity contribution in [1.29, 1.82) is 0 Å². The van der Waals surface area contributed by atoms with Crippen LogP contribution in [-0.2, 0) is 16.1 Å². The van der Waals surface area contributed by atoms with E-state index in [1.165, 1.54) is 33.3 Å².